The van der Waals surface area contributed by atoms with Crippen molar-refractivity contribution < 1.29 is 9.53 Å². The van der Waals surface area contributed by atoms with E-state index in [0.29, 0.717) is 13.2 Å². The first-order valence-corrected chi connectivity index (χ1v) is 7.38. The quantitative estimate of drug-likeness (QED) is 0.858. The Morgan fingerprint density at radius 3 is 3.25 bits per heavy atom. The number of hydrogen-bond acceptors (Lipinski definition) is 5. The third-order valence-corrected chi connectivity index (χ3v) is 4.26. The Balaban J connectivity index is 1.65. The lowest BCUT2D eigenvalue weighted by Gasteiger charge is -2.15. The largest absolute Gasteiger partial charge is 0.378 e. The maximum atomic E-state index is 12.3. The Morgan fingerprint density at radius 2 is 2.50 bits per heavy atom. The van der Waals surface area contributed by atoms with Crippen molar-refractivity contribution in [2.45, 2.75) is 19.1 Å². The van der Waals surface area contributed by atoms with Gasteiger partial charge >= 0.3 is 0 Å². The van der Waals surface area contributed by atoms with Crippen LogP contribution in [-0.2, 0) is 11.3 Å². The molecule has 7 heteroatoms. The maximum Gasteiger partial charge on any atom is 0.263 e. The van der Waals surface area contributed by atoms with Crippen LogP contribution in [0.4, 0.5) is 0 Å². The van der Waals surface area contributed by atoms with E-state index in [2.05, 4.69) is 10.3 Å². The van der Waals surface area contributed by atoms with E-state index in [1.165, 1.54) is 11.3 Å². The maximum absolute atomic E-state index is 12.3. The molecule has 1 atom stereocenters. The number of nitrogens with zero attached hydrogens (tertiary/aromatic N) is 4. The second-order valence-corrected chi connectivity index (χ2v) is 5.74. The summed E-state index contributed by atoms with van der Waals surface area (Å²) in [7, 11) is 1.63. The van der Waals surface area contributed by atoms with E-state index < -0.39 is 0 Å². The summed E-state index contributed by atoms with van der Waals surface area (Å²) >= 11 is 1.48. The van der Waals surface area contributed by atoms with Crippen molar-refractivity contribution in [2.24, 2.45) is 0 Å². The van der Waals surface area contributed by atoms with Crippen molar-refractivity contribution in [1.82, 2.24) is 19.9 Å². The van der Waals surface area contributed by atoms with Crippen LogP contribution < -0.4 is 0 Å². The molecule has 6 nitrogen and oxygen atoms in total. The molecular formula is C13H16N4O2S. The highest BCUT2D eigenvalue weighted by atomic mass is 32.1. The summed E-state index contributed by atoms with van der Waals surface area (Å²) in [5, 5.41) is 10.1. The van der Waals surface area contributed by atoms with Crippen LogP contribution in [0.1, 0.15) is 27.8 Å². The van der Waals surface area contributed by atoms with Crippen LogP contribution in [0.3, 0.4) is 0 Å². The summed E-state index contributed by atoms with van der Waals surface area (Å²) in [6.45, 7) is 1.91. The van der Waals surface area contributed by atoms with Gasteiger partial charge < -0.3 is 9.64 Å². The molecule has 106 valence electrons. The highest BCUT2D eigenvalue weighted by Crippen LogP contribution is 2.23. The number of ether oxygens (including phenoxy) is 1. The van der Waals surface area contributed by atoms with Crippen molar-refractivity contribution in [3.8, 4) is 0 Å². The number of rotatable bonds is 4. The molecule has 1 aliphatic heterocycles. The van der Waals surface area contributed by atoms with Crippen LogP contribution in [-0.4, -0.2) is 46.0 Å². The fourth-order valence-corrected chi connectivity index (χ4v) is 3.09. The Labute approximate surface area is 121 Å². The lowest BCUT2D eigenvalue weighted by molar-refractivity contribution is 0.0791. The molecule has 0 radical (unpaired) electrons. The lowest BCUT2D eigenvalue weighted by atomic mass is 10.3. The first-order chi connectivity index (χ1) is 9.78. The predicted molar refractivity (Wildman–Crippen MR) is 74.6 cm³/mol. The molecule has 0 aliphatic carbocycles. The molecule has 2 aromatic rings. The van der Waals surface area contributed by atoms with E-state index >= 15 is 0 Å². The standard InChI is InChI=1S/C13H16N4O2S/c1-19-9-10-7-17(15-14-10)11-4-5-16(8-11)13(18)12-3-2-6-20-12/h2-3,6-7,11H,4-5,8-9H2,1H3. The van der Waals surface area contributed by atoms with Crippen molar-refractivity contribution in [1.29, 1.82) is 0 Å². The van der Waals surface area contributed by atoms with E-state index in [-0.39, 0.29) is 11.9 Å². The minimum Gasteiger partial charge on any atom is -0.378 e. The van der Waals surface area contributed by atoms with Crippen LogP contribution in [0.15, 0.2) is 23.7 Å². The first-order valence-electron chi connectivity index (χ1n) is 6.50. The normalized spacial score (nSPS) is 18.6. The van der Waals surface area contributed by atoms with E-state index in [4.69, 9.17) is 4.74 Å². The average molecular weight is 292 g/mol. The third kappa shape index (κ3) is 2.59. The summed E-state index contributed by atoms with van der Waals surface area (Å²) in [6.07, 6.45) is 2.81. The van der Waals surface area contributed by atoms with E-state index in [1.807, 2.05) is 33.3 Å². The molecule has 1 amide bonds. The van der Waals surface area contributed by atoms with Gasteiger partial charge in [-0.05, 0) is 17.9 Å². The minimum atomic E-state index is 0.111. The number of hydrogen-bond donors (Lipinski definition) is 0. The van der Waals surface area contributed by atoms with Crippen molar-refractivity contribution in [3.05, 3.63) is 34.3 Å². The van der Waals surface area contributed by atoms with Gasteiger partial charge in [-0.3, -0.25) is 4.79 Å². The minimum absolute atomic E-state index is 0.111. The number of carbonyl (C=O) groups is 1. The van der Waals surface area contributed by atoms with Gasteiger partial charge in [0, 0.05) is 20.2 Å². The zero-order valence-electron chi connectivity index (χ0n) is 11.2. The van der Waals surface area contributed by atoms with Gasteiger partial charge in [0.25, 0.3) is 5.91 Å². The Kier molecular flexibility index (Phi) is 3.79. The van der Waals surface area contributed by atoms with Gasteiger partial charge in [0.05, 0.1) is 23.7 Å². The molecule has 1 saturated heterocycles. The first kappa shape index (κ1) is 13.3. The molecule has 20 heavy (non-hydrogen) atoms. The monoisotopic (exact) mass is 292 g/mol. The van der Waals surface area contributed by atoms with Crippen LogP contribution >= 0.6 is 11.3 Å². The summed E-state index contributed by atoms with van der Waals surface area (Å²) in [5.41, 5.74) is 0.815. The van der Waals surface area contributed by atoms with Gasteiger partial charge in [-0.25, -0.2) is 4.68 Å². The third-order valence-electron chi connectivity index (χ3n) is 3.41. The predicted octanol–water partition coefficient (Wildman–Crippen LogP) is 1.57. The van der Waals surface area contributed by atoms with Gasteiger partial charge in [-0.1, -0.05) is 11.3 Å². The highest BCUT2D eigenvalue weighted by molar-refractivity contribution is 7.12. The van der Waals surface area contributed by atoms with Gasteiger partial charge in [0.15, 0.2) is 0 Å². The van der Waals surface area contributed by atoms with Gasteiger partial charge in [-0.15, -0.1) is 16.4 Å². The Hall–Kier alpha value is -1.73. The number of likely N-dealkylation sites (tertiary alicyclic amines) is 1. The van der Waals surface area contributed by atoms with Gasteiger partial charge in [0.1, 0.15) is 5.69 Å². The Bertz CT molecular complexity index is 581. The number of thiophene rings is 1. The van der Waals surface area contributed by atoms with Crippen molar-refractivity contribution in [3.63, 3.8) is 0 Å². The van der Waals surface area contributed by atoms with Crippen LogP contribution in [0.2, 0.25) is 0 Å². The van der Waals surface area contributed by atoms with Crippen molar-refractivity contribution >= 4 is 17.2 Å². The zero-order chi connectivity index (χ0) is 13.9. The summed E-state index contributed by atoms with van der Waals surface area (Å²) in [4.78, 5) is 14.9. The van der Waals surface area contributed by atoms with Gasteiger partial charge in [0.2, 0.25) is 0 Å². The molecule has 0 saturated carbocycles. The van der Waals surface area contributed by atoms with Crippen LogP contribution in [0.25, 0.3) is 0 Å². The van der Waals surface area contributed by atoms with E-state index in [0.717, 1.165) is 23.5 Å². The second-order valence-electron chi connectivity index (χ2n) is 4.79. The molecule has 0 bridgehead atoms. The smallest absolute Gasteiger partial charge is 0.263 e. The van der Waals surface area contributed by atoms with E-state index in [9.17, 15) is 4.79 Å². The molecule has 1 fully saturated rings. The van der Waals surface area contributed by atoms with Crippen LogP contribution in [0.5, 0.6) is 0 Å². The van der Waals surface area contributed by atoms with Crippen LogP contribution in [0, 0.1) is 0 Å². The SMILES string of the molecule is COCc1cn(C2CCN(C(=O)c3cccs3)C2)nn1. The number of methoxy groups -OCH3 is 1. The molecule has 1 aliphatic rings. The number of carbonyl (C=O) groups excluding carboxylic acids is 1. The molecule has 2 aromatic heterocycles. The zero-order valence-corrected chi connectivity index (χ0v) is 12.0. The molecule has 1 unspecified atom stereocenters. The molecule has 0 aromatic carbocycles. The Morgan fingerprint density at radius 1 is 1.60 bits per heavy atom. The number of amides is 1. The lowest BCUT2D eigenvalue weighted by Crippen LogP contribution is -2.28. The average Bonchev–Trinajstić information content (AvgIpc) is 3.19. The summed E-state index contributed by atoms with van der Waals surface area (Å²) in [6, 6.07) is 3.98. The van der Waals surface area contributed by atoms with E-state index in [1.54, 1.807) is 7.11 Å². The summed E-state index contributed by atoms with van der Waals surface area (Å²) in [5.74, 6) is 0.111. The fourth-order valence-electron chi connectivity index (χ4n) is 2.40. The molecule has 3 heterocycles. The van der Waals surface area contributed by atoms with Gasteiger partial charge in [-0.2, -0.15) is 0 Å². The topological polar surface area (TPSA) is 60.2 Å². The molecule has 0 N–H and O–H groups in total. The molecule has 3 rings (SSSR count). The molecule has 0 spiro atoms. The van der Waals surface area contributed by atoms with Crippen molar-refractivity contribution in [2.75, 3.05) is 20.2 Å². The number of aromatic nitrogens is 3. The highest BCUT2D eigenvalue weighted by Gasteiger charge is 2.29. The molecular weight excluding hydrogens is 276 g/mol. The summed E-state index contributed by atoms with van der Waals surface area (Å²) < 4.78 is 6.88. The fraction of sp³-hybridized carbons (Fsp3) is 0.462. The second kappa shape index (κ2) is 5.72.